The fraction of sp³-hybridized carbons (Fsp3) is 0.750. The molecule has 4 saturated carbocycles. The van der Waals surface area contributed by atoms with E-state index in [2.05, 4.69) is 32.1 Å². The Hall–Kier alpha value is -0.780. The van der Waals surface area contributed by atoms with Gasteiger partial charge in [-0.3, -0.25) is 0 Å². The van der Waals surface area contributed by atoms with Crippen molar-refractivity contribution in [2.24, 2.45) is 35.0 Å². The van der Waals surface area contributed by atoms with Crippen molar-refractivity contribution in [2.45, 2.75) is 78.1 Å². The first kappa shape index (κ1) is 15.5. The molecule has 0 nitrogen and oxygen atoms in total. The summed E-state index contributed by atoms with van der Waals surface area (Å²) in [7, 11) is 0. The van der Waals surface area contributed by atoms with Crippen LogP contribution in [0.15, 0.2) is 34.9 Å². The molecule has 132 valence electrons. The van der Waals surface area contributed by atoms with Crippen LogP contribution in [0.1, 0.15) is 79.5 Å². The van der Waals surface area contributed by atoms with Gasteiger partial charge in [0.2, 0.25) is 0 Å². The Balaban J connectivity index is 0.00000157. The molecule has 5 aliphatic carbocycles. The van der Waals surface area contributed by atoms with Crippen LogP contribution < -0.4 is 0 Å². The molecule has 4 fully saturated rings. The normalized spacial score (nSPS) is 46.0. The van der Waals surface area contributed by atoms with Gasteiger partial charge in [-0.2, -0.15) is 0 Å². The number of fused-ring (bicyclic) bond motifs is 5. The van der Waals surface area contributed by atoms with Crippen LogP contribution in [0.5, 0.6) is 0 Å². The number of hydrogen-bond donors (Lipinski definition) is 0. The molecule has 0 heteroatoms. The van der Waals surface area contributed by atoms with Gasteiger partial charge in [0.25, 0.3) is 0 Å². The summed E-state index contributed by atoms with van der Waals surface area (Å²) in [5, 5.41) is 0. The predicted molar refractivity (Wildman–Crippen MR) is 104 cm³/mol. The van der Waals surface area contributed by atoms with Gasteiger partial charge in [0, 0.05) is 1.43 Å². The van der Waals surface area contributed by atoms with E-state index in [1.165, 1.54) is 64.2 Å². The summed E-state index contributed by atoms with van der Waals surface area (Å²) < 4.78 is 0. The van der Waals surface area contributed by atoms with E-state index < -0.39 is 0 Å². The van der Waals surface area contributed by atoms with Crippen molar-refractivity contribution in [2.75, 3.05) is 0 Å². The van der Waals surface area contributed by atoms with E-state index in [4.69, 9.17) is 0 Å². The summed E-state index contributed by atoms with van der Waals surface area (Å²) in [4.78, 5) is 0. The number of rotatable bonds is 2. The smallest absolute Gasteiger partial charge is 0 e. The summed E-state index contributed by atoms with van der Waals surface area (Å²) in [5.41, 5.74) is 6.01. The molecule has 5 rings (SSSR count). The molecule has 0 spiro atoms. The van der Waals surface area contributed by atoms with Gasteiger partial charge in [0.15, 0.2) is 0 Å². The topological polar surface area (TPSA) is 0 Å². The maximum absolute atomic E-state index is 2.73. The molecule has 3 unspecified atom stereocenters. The van der Waals surface area contributed by atoms with E-state index in [0.29, 0.717) is 5.41 Å². The minimum Gasteiger partial charge on any atom is -0.0879 e. The lowest BCUT2D eigenvalue weighted by Crippen LogP contribution is -2.43. The summed E-state index contributed by atoms with van der Waals surface area (Å²) in [5.74, 6) is 4.82. The Bertz CT molecular complexity index is 620. The second-order valence-corrected chi connectivity index (χ2v) is 9.40. The van der Waals surface area contributed by atoms with Crippen LogP contribution in [0.25, 0.3) is 0 Å². The monoisotopic (exact) mass is 324 g/mol. The van der Waals surface area contributed by atoms with Gasteiger partial charge in [0.1, 0.15) is 0 Å². The number of hydrogen-bond acceptors (Lipinski definition) is 0. The number of allylic oxidation sites excluding steroid dienone is 6. The summed E-state index contributed by atoms with van der Waals surface area (Å²) in [6.07, 6.45) is 22.3. The van der Waals surface area contributed by atoms with E-state index in [1.54, 1.807) is 5.57 Å². The van der Waals surface area contributed by atoms with Gasteiger partial charge in [-0.25, -0.2) is 0 Å². The van der Waals surface area contributed by atoms with Crippen molar-refractivity contribution in [3.8, 4) is 0 Å². The lowest BCUT2D eigenvalue weighted by atomic mass is 9.52. The predicted octanol–water partition coefficient (Wildman–Crippen LogP) is 7.09. The van der Waals surface area contributed by atoms with Crippen LogP contribution in [0, 0.1) is 35.0 Å². The third-order valence-electron chi connectivity index (χ3n) is 8.76. The zero-order valence-electron chi connectivity index (χ0n) is 15.7. The maximum atomic E-state index is 2.73. The molecule has 5 atom stereocenters. The Kier molecular flexibility index (Phi) is 3.62. The molecular weight excluding hydrogens is 288 g/mol. The first-order valence-electron chi connectivity index (χ1n) is 10.8. The van der Waals surface area contributed by atoms with Crippen LogP contribution in [-0.2, 0) is 0 Å². The third-order valence-corrected chi connectivity index (χ3v) is 8.76. The lowest BCUT2D eigenvalue weighted by Gasteiger charge is -2.52. The average Bonchev–Trinajstić information content (AvgIpc) is 3.41. The van der Waals surface area contributed by atoms with Gasteiger partial charge >= 0.3 is 0 Å². The van der Waals surface area contributed by atoms with Crippen molar-refractivity contribution in [3.63, 3.8) is 0 Å². The Morgan fingerprint density at radius 2 is 2.04 bits per heavy atom. The SMILES string of the molecule is C/C=C1/CCC2C3CCC4=C[C@@H](C5CC5)CC=C4C3CC[C@]12CC.[HH]. The molecule has 0 aromatic heterocycles. The van der Waals surface area contributed by atoms with E-state index in [-0.39, 0.29) is 1.43 Å². The van der Waals surface area contributed by atoms with Crippen molar-refractivity contribution < 1.29 is 1.43 Å². The minimum absolute atomic E-state index is 0. The molecule has 0 saturated heterocycles. The largest absolute Gasteiger partial charge is 0.0879 e. The fourth-order valence-corrected chi connectivity index (χ4v) is 7.45. The zero-order valence-corrected chi connectivity index (χ0v) is 15.7. The van der Waals surface area contributed by atoms with Crippen LogP contribution in [0.2, 0.25) is 0 Å². The van der Waals surface area contributed by atoms with E-state index in [0.717, 1.165) is 29.6 Å². The summed E-state index contributed by atoms with van der Waals surface area (Å²) in [6.45, 7) is 4.76. The standard InChI is InChI=1S/C24H34.H2/c1-3-19-9-12-23-22-11-8-18-15-17(16-5-6-16)7-10-20(18)21(22)13-14-24(19,23)4-2;/h3,10,15-17,21-23H,4-9,11-14H2,1-2H3;1H/b19-3-;/t17-,21?,22?,23?,24+;/m0./s1. The highest BCUT2D eigenvalue weighted by Gasteiger charge is 2.54. The highest BCUT2D eigenvalue weighted by molar-refractivity contribution is 5.41. The highest BCUT2D eigenvalue weighted by atomic mass is 14.6. The summed E-state index contributed by atoms with van der Waals surface area (Å²) in [6, 6.07) is 0. The van der Waals surface area contributed by atoms with Crippen LogP contribution in [-0.4, -0.2) is 0 Å². The average molecular weight is 325 g/mol. The molecule has 0 aromatic carbocycles. The van der Waals surface area contributed by atoms with Crippen molar-refractivity contribution in [1.82, 2.24) is 0 Å². The van der Waals surface area contributed by atoms with Crippen molar-refractivity contribution in [3.05, 3.63) is 34.9 Å². The summed E-state index contributed by atoms with van der Waals surface area (Å²) >= 11 is 0. The Morgan fingerprint density at radius 3 is 2.79 bits per heavy atom. The van der Waals surface area contributed by atoms with Gasteiger partial charge in [-0.15, -0.1) is 0 Å². The van der Waals surface area contributed by atoms with Gasteiger partial charge in [-0.1, -0.05) is 30.7 Å². The lowest BCUT2D eigenvalue weighted by molar-refractivity contribution is 0.0474. The molecule has 0 N–H and O–H groups in total. The Labute approximate surface area is 150 Å². The maximum Gasteiger partial charge on any atom is 0 e. The molecular formula is C24H36. The Morgan fingerprint density at radius 1 is 1.17 bits per heavy atom. The minimum atomic E-state index is 0. The molecule has 0 aromatic rings. The molecule has 5 aliphatic rings. The van der Waals surface area contributed by atoms with Crippen LogP contribution in [0.4, 0.5) is 0 Å². The van der Waals surface area contributed by atoms with Crippen molar-refractivity contribution >= 4 is 0 Å². The first-order chi connectivity index (χ1) is 11.8. The van der Waals surface area contributed by atoms with Gasteiger partial charge < -0.3 is 0 Å². The molecule has 0 amide bonds. The van der Waals surface area contributed by atoms with E-state index in [9.17, 15) is 0 Å². The molecule has 0 aliphatic heterocycles. The van der Waals surface area contributed by atoms with Crippen LogP contribution >= 0.6 is 0 Å². The molecule has 0 radical (unpaired) electrons. The van der Waals surface area contributed by atoms with E-state index >= 15 is 0 Å². The quantitative estimate of drug-likeness (QED) is 0.476. The van der Waals surface area contributed by atoms with Gasteiger partial charge in [-0.05, 0) is 117 Å². The second kappa shape index (κ2) is 5.61. The third kappa shape index (κ3) is 2.10. The highest BCUT2D eigenvalue weighted by Crippen LogP contribution is 2.64. The van der Waals surface area contributed by atoms with Crippen LogP contribution in [0.3, 0.4) is 0 Å². The second-order valence-electron chi connectivity index (χ2n) is 9.40. The van der Waals surface area contributed by atoms with Gasteiger partial charge in [0.05, 0.1) is 0 Å². The molecule has 0 bridgehead atoms. The first-order valence-corrected chi connectivity index (χ1v) is 10.8. The molecule has 0 heterocycles. The fourth-order valence-electron chi connectivity index (χ4n) is 7.45. The van der Waals surface area contributed by atoms with E-state index in [1.807, 2.05) is 11.1 Å². The zero-order chi connectivity index (χ0) is 16.3. The molecule has 24 heavy (non-hydrogen) atoms. The van der Waals surface area contributed by atoms with Crippen molar-refractivity contribution in [1.29, 1.82) is 0 Å².